The molecular weight excluding hydrogens is 357 g/mol. The highest BCUT2D eigenvalue weighted by Gasteiger charge is 2.18. The van der Waals surface area contributed by atoms with E-state index in [2.05, 4.69) is 31.9 Å². The van der Waals surface area contributed by atoms with Crippen molar-refractivity contribution in [1.82, 2.24) is 0 Å². The third-order valence-corrected chi connectivity index (χ3v) is 4.31. The lowest BCUT2D eigenvalue weighted by Gasteiger charge is -2.02. The number of hydrogen-bond acceptors (Lipinski definition) is 3. The average Bonchev–Trinajstić information content (AvgIpc) is 2.06. The highest BCUT2D eigenvalue weighted by atomic mass is 79.9. The zero-order valence-corrected chi connectivity index (χ0v) is 11.2. The molecule has 3 nitrogen and oxygen atoms in total. The normalized spacial score (nSPS) is 11.0. The van der Waals surface area contributed by atoms with E-state index in [1.165, 1.54) is 12.1 Å². The van der Waals surface area contributed by atoms with Gasteiger partial charge in [0.15, 0.2) is 0 Å². The maximum absolute atomic E-state index is 11.1. The summed E-state index contributed by atoms with van der Waals surface area (Å²) in [4.78, 5) is -0.120. The Morgan fingerprint density at radius 2 is 1.93 bits per heavy atom. The topological polar surface area (TPSA) is 57.9 Å². The van der Waals surface area contributed by atoms with Crippen LogP contribution in [0.5, 0.6) is 0 Å². The van der Waals surface area contributed by atoms with Gasteiger partial charge in [-0.1, -0.05) is 15.9 Å². The van der Waals surface area contributed by atoms with Crippen LogP contribution < -0.4 is 0 Å². The molecule has 1 aromatic carbocycles. The molecule has 1 rings (SSSR count). The lowest BCUT2D eigenvalue weighted by molar-refractivity contribution is 0.609. The fourth-order valence-corrected chi connectivity index (χ4v) is 3.63. The molecule has 14 heavy (non-hydrogen) atoms. The van der Waals surface area contributed by atoms with Crippen LogP contribution in [0.4, 0.5) is 0 Å². The first-order valence-corrected chi connectivity index (χ1v) is 7.09. The highest BCUT2D eigenvalue weighted by molar-refractivity contribution is 9.11. The monoisotopic (exact) mass is 357 g/mol. The molecule has 0 atom stereocenters. The zero-order chi connectivity index (χ0) is 10.9. The number of nitrogens with zero attached hydrogens (tertiary/aromatic N) is 1. The lowest BCUT2D eigenvalue weighted by Crippen LogP contribution is -1.94. The molecule has 0 N–H and O–H groups in total. The van der Waals surface area contributed by atoms with Crippen molar-refractivity contribution in [2.24, 2.45) is 0 Å². The zero-order valence-electron chi connectivity index (χ0n) is 6.46. The van der Waals surface area contributed by atoms with Crippen LogP contribution in [-0.2, 0) is 9.05 Å². The van der Waals surface area contributed by atoms with Crippen LogP contribution in [0.25, 0.3) is 0 Å². The second kappa shape index (κ2) is 4.19. The van der Waals surface area contributed by atoms with Crippen LogP contribution in [0, 0.1) is 11.3 Å². The Morgan fingerprint density at radius 3 is 2.36 bits per heavy atom. The maximum atomic E-state index is 11.1. The molecule has 0 heterocycles. The van der Waals surface area contributed by atoms with Gasteiger partial charge in [-0.05, 0) is 28.1 Å². The van der Waals surface area contributed by atoms with E-state index in [1.54, 1.807) is 0 Å². The van der Waals surface area contributed by atoms with E-state index in [1.807, 2.05) is 6.07 Å². The van der Waals surface area contributed by atoms with Crippen molar-refractivity contribution in [2.75, 3.05) is 0 Å². The molecule has 0 aliphatic carbocycles. The Labute approximate surface area is 102 Å². The third kappa shape index (κ3) is 2.48. The Bertz CT molecular complexity index is 521. The third-order valence-electron chi connectivity index (χ3n) is 1.39. The summed E-state index contributed by atoms with van der Waals surface area (Å²) in [5, 5.41) is 8.69. The van der Waals surface area contributed by atoms with Gasteiger partial charge in [-0.2, -0.15) is 5.26 Å². The fourth-order valence-electron chi connectivity index (χ4n) is 0.823. The number of hydrogen-bond donors (Lipinski definition) is 0. The minimum atomic E-state index is -3.84. The Hall–Kier alpha value is -0.0900. The van der Waals surface area contributed by atoms with Gasteiger partial charge >= 0.3 is 0 Å². The minimum Gasteiger partial charge on any atom is -0.207 e. The van der Waals surface area contributed by atoms with Crippen molar-refractivity contribution in [2.45, 2.75) is 4.90 Å². The minimum absolute atomic E-state index is 0.120. The summed E-state index contributed by atoms with van der Waals surface area (Å²) in [6.45, 7) is 0. The molecule has 1 aromatic rings. The van der Waals surface area contributed by atoms with Gasteiger partial charge in [-0.15, -0.1) is 0 Å². The van der Waals surface area contributed by atoms with E-state index in [0.717, 1.165) is 0 Å². The van der Waals surface area contributed by atoms with Gasteiger partial charge in [0.05, 0.1) is 14.9 Å². The number of halogens is 3. The first kappa shape index (κ1) is 12.0. The largest absolute Gasteiger partial charge is 0.262 e. The predicted molar refractivity (Wildman–Crippen MR) is 59.6 cm³/mol. The second-order valence-electron chi connectivity index (χ2n) is 2.32. The van der Waals surface area contributed by atoms with Crippen molar-refractivity contribution in [3.05, 3.63) is 26.6 Å². The molecule has 74 valence electrons. The average molecular weight is 359 g/mol. The molecule has 0 saturated carbocycles. The van der Waals surface area contributed by atoms with Crippen LogP contribution in [0.2, 0.25) is 0 Å². The van der Waals surface area contributed by atoms with Crippen LogP contribution in [-0.4, -0.2) is 8.42 Å². The smallest absolute Gasteiger partial charge is 0.207 e. The van der Waals surface area contributed by atoms with E-state index in [0.29, 0.717) is 4.47 Å². The fraction of sp³-hybridized carbons (Fsp3) is 0. The van der Waals surface area contributed by atoms with Crippen molar-refractivity contribution in [3.63, 3.8) is 0 Å². The van der Waals surface area contributed by atoms with Gasteiger partial charge in [0.1, 0.15) is 6.07 Å². The molecular formula is C7H2Br2ClNO2S. The molecule has 0 spiro atoms. The summed E-state index contributed by atoms with van der Waals surface area (Å²) in [5.74, 6) is 0. The maximum Gasteiger partial charge on any atom is 0.262 e. The van der Waals surface area contributed by atoms with Gasteiger partial charge in [0.2, 0.25) is 0 Å². The van der Waals surface area contributed by atoms with Crippen molar-refractivity contribution >= 4 is 51.6 Å². The molecule has 0 unspecified atom stereocenters. The van der Waals surface area contributed by atoms with Crippen LogP contribution >= 0.6 is 42.5 Å². The predicted octanol–water partition coefficient (Wildman–Crippen LogP) is 3.01. The van der Waals surface area contributed by atoms with Crippen molar-refractivity contribution < 1.29 is 8.42 Å². The molecule has 0 bridgehead atoms. The standard InChI is InChI=1S/C7H2Br2ClNO2S/c8-5-1-4(3-11)7(9)6(2-5)14(10,12)13/h1-2H. The number of rotatable bonds is 1. The van der Waals surface area contributed by atoms with E-state index < -0.39 is 9.05 Å². The van der Waals surface area contributed by atoms with E-state index in [-0.39, 0.29) is 14.9 Å². The quantitative estimate of drug-likeness (QED) is 0.724. The first-order chi connectivity index (χ1) is 6.36. The lowest BCUT2D eigenvalue weighted by atomic mass is 10.2. The summed E-state index contributed by atoms with van der Waals surface area (Å²) >= 11 is 6.09. The molecule has 0 aliphatic heterocycles. The van der Waals surface area contributed by atoms with Crippen molar-refractivity contribution in [1.29, 1.82) is 5.26 Å². The summed E-state index contributed by atoms with van der Waals surface area (Å²) < 4.78 is 22.8. The Balaban J connectivity index is 3.64. The van der Waals surface area contributed by atoms with Gasteiger partial charge in [-0.25, -0.2) is 8.42 Å². The molecule has 0 fully saturated rings. The molecule has 0 aromatic heterocycles. The van der Waals surface area contributed by atoms with Gasteiger partial charge in [0.25, 0.3) is 9.05 Å². The summed E-state index contributed by atoms with van der Waals surface area (Å²) in [7, 11) is 1.33. The van der Waals surface area contributed by atoms with Crippen LogP contribution in [0.3, 0.4) is 0 Å². The van der Waals surface area contributed by atoms with Gasteiger partial charge in [-0.3, -0.25) is 0 Å². The Morgan fingerprint density at radius 1 is 1.36 bits per heavy atom. The van der Waals surface area contributed by atoms with Gasteiger partial charge in [0, 0.05) is 15.2 Å². The van der Waals surface area contributed by atoms with Crippen LogP contribution in [0.15, 0.2) is 26.0 Å². The number of benzene rings is 1. The van der Waals surface area contributed by atoms with E-state index >= 15 is 0 Å². The second-order valence-corrected chi connectivity index (χ2v) is 6.56. The molecule has 0 aliphatic rings. The van der Waals surface area contributed by atoms with Gasteiger partial charge < -0.3 is 0 Å². The number of nitriles is 1. The van der Waals surface area contributed by atoms with E-state index in [9.17, 15) is 8.42 Å². The first-order valence-electron chi connectivity index (χ1n) is 3.20. The van der Waals surface area contributed by atoms with Crippen LogP contribution in [0.1, 0.15) is 5.56 Å². The molecule has 7 heteroatoms. The summed E-state index contributed by atoms with van der Waals surface area (Å²) in [5.41, 5.74) is 0.207. The summed E-state index contributed by atoms with van der Waals surface area (Å²) in [6.07, 6.45) is 0. The summed E-state index contributed by atoms with van der Waals surface area (Å²) in [6, 6.07) is 4.67. The van der Waals surface area contributed by atoms with E-state index in [4.69, 9.17) is 15.9 Å². The SMILES string of the molecule is N#Cc1cc(Br)cc(S(=O)(=O)Cl)c1Br. The molecule has 0 amide bonds. The Kier molecular flexibility index (Phi) is 3.58. The highest BCUT2D eigenvalue weighted by Crippen LogP contribution is 2.31. The molecule has 0 radical (unpaired) electrons. The van der Waals surface area contributed by atoms with Crippen molar-refractivity contribution in [3.8, 4) is 6.07 Å². The molecule has 0 saturated heterocycles.